The third kappa shape index (κ3) is 5.05. The van der Waals surface area contributed by atoms with E-state index in [1.54, 1.807) is 0 Å². The van der Waals surface area contributed by atoms with Gasteiger partial charge in [-0.05, 0) is 17.2 Å². The van der Waals surface area contributed by atoms with Crippen LogP contribution in [0.4, 0.5) is 0 Å². The van der Waals surface area contributed by atoms with E-state index in [9.17, 15) is 0 Å². The van der Waals surface area contributed by atoms with Crippen molar-refractivity contribution in [1.82, 2.24) is 15.2 Å². The van der Waals surface area contributed by atoms with Gasteiger partial charge in [-0.2, -0.15) is 0 Å². The number of rotatable bonds is 6. The molecule has 1 atom stereocenters. The van der Waals surface area contributed by atoms with Crippen LogP contribution in [-0.2, 0) is 11.3 Å². The Balaban J connectivity index is 0.00000210. The van der Waals surface area contributed by atoms with Crippen LogP contribution in [0, 0.1) is 0 Å². The highest BCUT2D eigenvalue weighted by atomic mass is 35.5. The summed E-state index contributed by atoms with van der Waals surface area (Å²) in [6.07, 6.45) is 1.87. The Kier molecular flexibility index (Phi) is 7.18. The van der Waals surface area contributed by atoms with Crippen molar-refractivity contribution in [3.8, 4) is 0 Å². The second kappa shape index (κ2) is 9.81. The number of nitrogens with one attached hydrogen (secondary N) is 1. The van der Waals surface area contributed by atoms with Crippen LogP contribution in [0.5, 0.6) is 0 Å². The summed E-state index contributed by atoms with van der Waals surface area (Å²) in [5.41, 5.74) is 3.65. The predicted molar refractivity (Wildman–Crippen MR) is 112 cm³/mol. The number of hydrogen-bond donors (Lipinski definition) is 1. The molecule has 1 aromatic heterocycles. The average Bonchev–Trinajstić information content (AvgIpc) is 2.72. The molecule has 2 heterocycles. The molecule has 1 unspecified atom stereocenters. The lowest BCUT2D eigenvalue weighted by atomic mass is 10.0. The Bertz CT molecular complexity index is 832. The third-order valence-electron chi connectivity index (χ3n) is 5.00. The maximum absolute atomic E-state index is 5.49. The smallest absolute Gasteiger partial charge is 0.0746 e. The van der Waals surface area contributed by atoms with Crippen LogP contribution in [0.3, 0.4) is 0 Å². The van der Waals surface area contributed by atoms with Crippen LogP contribution in [0.2, 0.25) is 0 Å². The molecule has 0 aliphatic carbocycles. The maximum Gasteiger partial charge on any atom is 0.0746 e. The second-order valence-corrected chi connectivity index (χ2v) is 6.75. The Hall–Kier alpha value is -1.98. The number of morpholine rings is 1. The van der Waals surface area contributed by atoms with Crippen LogP contribution in [0.25, 0.3) is 10.9 Å². The minimum Gasteiger partial charge on any atom is -0.379 e. The fourth-order valence-electron chi connectivity index (χ4n) is 3.56. The third-order valence-corrected chi connectivity index (χ3v) is 5.00. The molecule has 2 aromatic carbocycles. The molecule has 1 N–H and O–H groups in total. The predicted octanol–water partition coefficient (Wildman–Crippen LogP) is 3.82. The number of halogens is 1. The Morgan fingerprint density at radius 3 is 2.56 bits per heavy atom. The number of hydrogen-bond acceptors (Lipinski definition) is 4. The molecule has 142 valence electrons. The fourth-order valence-corrected chi connectivity index (χ4v) is 3.56. The lowest BCUT2D eigenvalue weighted by Crippen LogP contribution is -2.41. The highest BCUT2D eigenvalue weighted by Crippen LogP contribution is 2.19. The van der Waals surface area contributed by atoms with Crippen molar-refractivity contribution in [2.75, 3.05) is 32.8 Å². The average molecular weight is 384 g/mol. The van der Waals surface area contributed by atoms with Crippen molar-refractivity contribution in [3.05, 3.63) is 78.0 Å². The minimum absolute atomic E-state index is 0. The van der Waals surface area contributed by atoms with Gasteiger partial charge in [-0.25, -0.2) is 0 Å². The number of nitrogens with zero attached hydrogens (tertiary/aromatic N) is 2. The van der Waals surface area contributed by atoms with E-state index in [4.69, 9.17) is 4.74 Å². The molecule has 1 aliphatic rings. The van der Waals surface area contributed by atoms with Gasteiger partial charge in [0.05, 0.1) is 18.7 Å². The van der Waals surface area contributed by atoms with E-state index in [0.717, 1.165) is 44.9 Å². The first-order valence-electron chi connectivity index (χ1n) is 9.31. The van der Waals surface area contributed by atoms with E-state index < -0.39 is 0 Å². The summed E-state index contributed by atoms with van der Waals surface area (Å²) in [6.45, 7) is 5.45. The topological polar surface area (TPSA) is 37.4 Å². The highest BCUT2D eigenvalue weighted by molar-refractivity contribution is 5.85. The molecule has 27 heavy (non-hydrogen) atoms. The van der Waals surface area contributed by atoms with Crippen molar-refractivity contribution in [2.24, 2.45) is 0 Å². The van der Waals surface area contributed by atoms with Crippen LogP contribution in [-0.4, -0.2) is 42.7 Å². The molecule has 0 spiro atoms. The summed E-state index contributed by atoms with van der Waals surface area (Å²) >= 11 is 0. The molecule has 1 saturated heterocycles. The van der Waals surface area contributed by atoms with E-state index in [2.05, 4.69) is 69.8 Å². The zero-order valence-electron chi connectivity index (χ0n) is 15.4. The van der Waals surface area contributed by atoms with Gasteiger partial charge in [0, 0.05) is 43.8 Å². The first-order chi connectivity index (χ1) is 12.9. The molecule has 0 bridgehead atoms. The normalized spacial score (nSPS) is 16.0. The van der Waals surface area contributed by atoms with E-state index >= 15 is 0 Å². The van der Waals surface area contributed by atoms with E-state index in [1.165, 1.54) is 16.5 Å². The largest absolute Gasteiger partial charge is 0.379 e. The molecule has 4 nitrogen and oxygen atoms in total. The van der Waals surface area contributed by atoms with Gasteiger partial charge in [-0.1, -0.05) is 54.6 Å². The van der Waals surface area contributed by atoms with Gasteiger partial charge < -0.3 is 10.1 Å². The van der Waals surface area contributed by atoms with E-state index in [0.29, 0.717) is 0 Å². The van der Waals surface area contributed by atoms with Crippen LogP contribution in [0.15, 0.2) is 66.9 Å². The monoisotopic (exact) mass is 383 g/mol. The van der Waals surface area contributed by atoms with Gasteiger partial charge in [0.1, 0.15) is 0 Å². The van der Waals surface area contributed by atoms with E-state index in [1.807, 2.05) is 12.3 Å². The second-order valence-electron chi connectivity index (χ2n) is 6.75. The van der Waals surface area contributed by atoms with Gasteiger partial charge in [0.2, 0.25) is 0 Å². The Morgan fingerprint density at radius 2 is 1.74 bits per heavy atom. The fraction of sp³-hybridized carbons (Fsp3) is 0.318. The summed E-state index contributed by atoms with van der Waals surface area (Å²) in [4.78, 5) is 7.06. The lowest BCUT2D eigenvalue weighted by molar-refractivity contribution is 0.0333. The number of ether oxygens (including phenoxy) is 1. The Labute approximate surface area is 167 Å². The summed E-state index contributed by atoms with van der Waals surface area (Å²) in [5, 5.41) is 4.96. The quantitative estimate of drug-likeness (QED) is 0.702. The number of pyridine rings is 1. The molecule has 1 aliphatic heterocycles. The number of benzene rings is 2. The number of fused-ring (bicyclic) bond motifs is 1. The highest BCUT2D eigenvalue weighted by Gasteiger charge is 2.18. The molecule has 1 fully saturated rings. The standard InChI is InChI=1S/C22H25N3O.ClH/c1-2-6-18(7-3-1)21(17-25-12-14-26-15-13-25)24-16-20-9-4-8-19-10-5-11-23-22(19)20;/h1-11,21,24H,12-17H2;1H. The summed E-state index contributed by atoms with van der Waals surface area (Å²) in [7, 11) is 0. The molecule has 0 amide bonds. The van der Waals surface area contributed by atoms with Crippen LogP contribution >= 0.6 is 12.4 Å². The Morgan fingerprint density at radius 1 is 0.963 bits per heavy atom. The molecule has 5 heteroatoms. The minimum atomic E-state index is 0. The molecule has 3 aromatic rings. The molecule has 0 saturated carbocycles. The number of para-hydroxylation sites is 1. The van der Waals surface area contributed by atoms with Crippen molar-refractivity contribution in [1.29, 1.82) is 0 Å². The first-order valence-corrected chi connectivity index (χ1v) is 9.31. The molecule has 4 rings (SSSR count). The van der Waals surface area contributed by atoms with Gasteiger partial charge in [0.15, 0.2) is 0 Å². The van der Waals surface area contributed by atoms with Crippen LogP contribution < -0.4 is 5.32 Å². The van der Waals surface area contributed by atoms with Gasteiger partial charge in [-0.3, -0.25) is 9.88 Å². The van der Waals surface area contributed by atoms with Crippen molar-refractivity contribution >= 4 is 23.3 Å². The summed E-state index contributed by atoms with van der Waals surface area (Å²) in [6, 6.07) is 21.5. The van der Waals surface area contributed by atoms with Gasteiger partial charge >= 0.3 is 0 Å². The summed E-state index contributed by atoms with van der Waals surface area (Å²) in [5.74, 6) is 0. The van der Waals surface area contributed by atoms with Crippen molar-refractivity contribution in [3.63, 3.8) is 0 Å². The molecular formula is C22H26ClN3O. The molecular weight excluding hydrogens is 358 g/mol. The zero-order valence-corrected chi connectivity index (χ0v) is 16.2. The first kappa shape index (κ1) is 19.8. The van der Waals surface area contributed by atoms with Crippen molar-refractivity contribution < 1.29 is 4.74 Å². The van der Waals surface area contributed by atoms with Crippen molar-refractivity contribution in [2.45, 2.75) is 12.6 Å². The summed E-state index contributed by atoms with van der Waals surface area (Å²) < 4.78 is 5.49. The SMILES string of the molecule is Cl.c1ccc(C(CN2CCOCC2)NCc2cccc3cccnc23)cc1. The zero-order chi connectivity index (χ0) is 17.6. The van der Waals surface area contributed by atoms with Gasteiger partial charge in [0.25, 0.3) is 0 Å². The van der Waals surface area contributed by atoms with E-state index in [-0.39, 0.29) is 18.4 Å². The van der Waals surface area contributed by atoms with Gasteiger partial charge in [-0.15, -0.1) is 12.4 Å². The maximum atomic E-state index is 5.49. The number of aromatic nitrogens is 1. The lowest BCUT2D eigenvalue weighted by Gasteiger charge is -2.31. The molecule has 0 radical (unpaired) electrons. The van der Waals surface area contributed by atoms with Crippen LogP contribution in [0.1, 0.15) is 17.2 Å².